The number of carbonyl (C=O) groups excluding carboxylic acids is 4. The van der Waals surface area contributed by atoms with E-state index in [-0.39, 0.29) is 22.4 Å². The Morgan fingerprint density at radius 2 is 1.67 bits per heavy atom. The fourth-order valence-electron chi connectivity index (χ4n) is 1.44. The molecule has 0 saturated heterocycles. The predicted molar refractivity (Wildman–Crippen MR) is 80.4 cm³/mol. The second-order valence-corrected chi connectivity index (χ2v) is 4.49. The molecule has 8 nitrogen and oxygen atoms in total. The number of hydrogen-bond acceptors (Lipinski definition) is 8. The smallest absolute Gasteiger partial charge is 0.372 e. The maximum Gasteiger partial charge on any atom is 0.372 e. The van der Waals surface area contributed by atoms with Crippen LogP contribution >= 0.6 is 0 Å². The van der Waals surface area contributed by atoms with Gasteiger partial charge in [0.15, 0.2) is 5.76 Å². The van der Waals surface area contributed by atoms with Crippen molar-refractivity contribution in [2.75, 3.05) is 7.11 Å². The summed E-state index contributed by atoms with van der Waals surface area (Å²) in [7, 11) is 1.17. The highest BCUT2D eigenvalue weighted by Crippen LogP contribution is 2.24. The molecular weight excluding hydrogens is 320 g/mol. The second-order valence-electron chi connectivity index (χ2n) is 4.49. The minimum absolute atomic E-state index is 0.0991. The van der Waals surface area contributed by atoms with Crippen LogP contribution in [-0.4, -0.2) is 36.1 Å². The first-order chi connectivity index (χ1) is 11.2. The maximum atomic E-state index is 11.3. The summed E-state index contributed by atoms with van der Waals surface area (Å²) >= 11 is 0. The van der Waals surface area contributed by atoms with Gasteiger partial charge >= 0.3 is 23.9 Å². The molecule has 2 rings (SSSR count). The predicted octanol–water partition coefficient (Wildman–Crippen LogP) is 1.71. The number of hydrogen-bond donors (Lipinski definition) is 1. The van der Waals surface area contributed by atoms with Crippen molar-refractivity contribution in [3.63, 3.8) is 0 Å². The van der Waals surface area contributed by atoms with E-state index in [2.05, 4.69) is 22.6 Å². The fraction of sp³-hybridized carbons (Fsp3) is 0.125. The number of carbonyl (C=O) groups is 4. The zero-order chi connectivity index (χ0) is 18.4. The molecule has 0 bridgehead atoms. The summed E-state index contributed by atoms with van der Waals surface area (Å²) in [6.45, 7) is 7.84. The average molecular weight is 334 g/mol. The lowest BCUT2D eigenvalue weighted by atomic mass is 10.1. The Morgan fingerprint density at radius 1 is 1.08 bits per heavy atom. The zero-order valence-electron chi connectivity index (χ0n) is 13.0. The number of aliphatic hydroxyl groups excluding tert-OH is 1. The summed E-state index contributed by atoms with van der Waals surface area (Å²) in [5.74, 6) is -3.21. The lowest BCUT2D eigenvalue weighted by Gasteiger charge is -2.03. The number of ether oxygens (including phenoxy) is 3. The summed E-state index contributed by atoms with van der Waals surface area (Å²) < 4.78 is 13.4. The van der Waals surface area contributed by atoms with E-state index < -0.39 is 29.6 Å². The summed E-state index contributed by atoms with van der Waals surface area (Å²) in [4.78, 5) is 43.6. The molecule has 0 unspecified atom stereocenters. The van der Waals surface area contributed by atoms with Crippen LogP contribution in [0.3, 0.4) is 0 Å². The number of fused-ring (bicyclic) bond motifs is 1. The van der Waals surface area contributed by atoms with Crippen molar-refractivity contribution < 1.29 is 38.5 Å². The lowest BCUT2D eigenvalue weighted by Crippen LogP contribution is -2.08. The molecule has 1 heterocycles. The Labute approximate surface area is 136 Å². The van der Waals surface area contributed by atoms with Gasteiger partial charge in [-0.1, -0.05) is 6.58 Å². The topological polar surface area (TPSA) is 116 Å². The molecule has 0 spiro atoms. The molecule has 1 N–H and O–H groups in total. The Kier molecular flexibility index (Phi) is 6.00. The van der Waals surface area contributed by atoms with Gasteiger partial charge in [0.25, 0.3) is 0 Å². The first-order valence-corrected chi connectivity index (χ1v) is 6.41. The molecule has 0 aliphatic carbocycles. The van der Waals surface area contributed by atoms with Crippen LogP contribution in [0.1, 0.15) is 27.6 Å². The number of cyclic esters (lactones) is 2. The van der Waals surface area contributed by atoms with Gasteiger partial charge in [0.2, 0.25) is 0 Å². The zero-order valence-corrected chi connectivity index (χ0v) is 13.0. The van der Waals surface area contributed by atoms with Crippen molar-refractivity contribution in [2.45, 2.75) is 6.92 Å². The molecule has 126 valence electrons. The van der Waals surface area contributed by atoms with Gasteiger partial charge in [0.05, 0.1) is 18.2 Å². The number of esters is 4. The van der Waals surface area contributed by atoms with Crippen molar-refractivity contribution in [3.05, 3.63) is 53.8 Å². The largest absolute Gasteiger partial charge is 0.502 e. The van der Waals surface area contributed by atoms with Crippen molar-refractivity contribution in [3.8, 4) is 5.75 Å². The van der Waals surface area contributed by atoms with Crippen LogP contribution in [0.25, 0.3) is 0 Å². The van der Waals surface area contributed by atoms with Crippen LogP contribution in [0.2, 0.25) is 0 Å². The molecule has 1 aromatic rings. The molecule has 8 heteroatoms. The van der Waals surface area contributed by atoms with Gasteiger partial charge in [-0.25, -0.2) is 19.2 Å². The van der Waals surface area contributed by atoms with E-state index in [4.69, 9.17) is 9.84 Å². The molecule has 0 fully saturated rings. The first kappa shape index (κ1) is 18.6. The SMILES string of the molecule is C=C(C)C(=O)Oc1ccc2c(c1)C(=O)OC2=O.C=C(O)C(=O)OC. The van der Waals surface area contributed by atoms with Gasteiger partial charge < -0.3 is 19.3 Å². The van der Waals surface area contributed by atoms with Crippen LogP contribution in [0.15, 0.2) is 42.7 Å². The average Bonchev–Trinajstić information content (AvgIpc) is 2.81. The van der Waals surface area contributed by atoms with Crippen LogP contribution < -0.4 is 4.74 Å². The molecule has 1 aliphatic rings. The molecule has 0 radical (unpaired) electrons. The van der Waals surface area contributed by atoms with Gasteiger partial charge in [-0.15, -0.1) is 0 Å². The van der Waals surface area contributed by atoms with Crippen molar-refractivity contribution in [1.29, 1.82) is 0 Å². The summed E-state index contributed by atoms with van der Waals surface area (Å²) in [5.41, 5.74) is 0.510. The number of rotatable bonds is 3. The maximum absolute atomic E-state index is 11.3. The highest BCUT2D eigenvalue weighted by molar-refractivity contribution is 6.14. The van der Waals surface area contributed by atoms with E-state index >= 15 is 0 Å². The van der Waals surface area contributed by atoms with E-state index in [1.165, 1.54) is 32.2 Å². The molecular formula is C16H14O8. The van der Waals surface area contributed by atoms with Crippen molar-refractivity contribution >= 4 is 23.9 Å². The minimum Gasteiger partial charge on any atom is -0.502 e. The molecule has 0 atom stereocenters. The second kappa shape index (κ2) is 7.73. The van der Waals surface area contributed by atoms with Gasteiger partial charge in [-0.2, -0.15) is 0 Å². The Hall–Kier alpha value is -3.42. The summed E-state index contributed by atoms with van der Waals surface area (Å²) in [6, 6.07) is 4.09. The van der Waals surface area contributed by atoms with Gasteiger partial charge in [0, 0.05) is 5.57 Å². The van der Waals surface area contributed by atoms with Crippen molar-refractivity contribution in [1.82, 2.24) is 0 Å². The Bertz CT molecular complexity index is 744. The normalized spacial score (nSPS) is 11.4. The number of benzene rings is 1. The van der Waals surface area contributed by atoms with Crippen LogP contribution in [0.4, 0.5) is 0 Å². The van der Waals surface area contributed by atoms with E-state index in [1.807, 2.05) is 0 Å². The Morgan fingerprint density at radius 3 is 2.12 bits per heavy atom. The molecule has 1 aromatic carbocycles. The molecule has 0 amide bonds. The highest BCUT2D eigenvalue weighted by atomic mass is 16.6. The summed E-state index contributed by atoms with van der Waals surface area (Å²) in [5, 5.41) is 8.15. The Balaban J connectivity index is 0.000000351. The molecule has 0 saturated carbocycles. The van der Waals surface area contributed by atoms with Crippen LogP contribution in [-0.2, 0) is 19.1 Å². The van der Waals surface area contributed by atoms with Crippen LogP contribution in [0, 0.1) is 0 Å². The third-order valence-electron chi connectivity index (χ3n) is 2.60. The van der Waals surface area contributed by atoms with E-state index in [0.717, 1.165) is 0 Å². The molecule has 24 heavy (non-hydrogen) atoms. The molecule has 0 aromatic heterocycles. The standard InChI is InChI=1S/C12H8O5.C4H6O3/c1-6(2)10(13)16-7-3-4-8-9(5-7)12(15)17-11(8)14;1-3(5)4(6)7-2/h3-5H,1H2,2H3;5H,1H2,2H3. The van der Waals surface area contributed by atoms with E-state index in [1.54, 1.807) is 0 Å². The quantitative estimate of drug-likeness (QED) is 0.292. The molecule has 1 aliphatic heterocycles. The number of aliphatic hydroxyl groups is 1. The third kappa shape index (κ3) is 4.54. The van der Waals surface area contributed by atoms with Gasteiger partial charge in [0.1, 0.15) is 5.75 Å². The van der Waals surface area contributed by atoms with Crippen LogP contribution in [0.5, 0.6) is 5.75 Å². The first-order valence-electron chi connectivity index (χ1n) is 6.41. The highest BCUT2D eigenvalue weighted by Gasteiger charge is 2.30. The summed E-state index contributed by atoms with van der Waals surface area (Å²) in [6.07, 6.45) is 0. The van der Waals surface area contributed by atoms with Gasteiger partial charge in [-0.05, 0) is 31.7 Å². The van der Waals surface area contributed by atoms with Gasteiger partial charge in [-0.3, -0.25) is 0 Å². The lowest BCUT2D eigenvalue weighted by molar-refractivity contribution is -0.139. The monoisotopic (exact) mass is 334 g/mol. The third-order valence-corrected chi connectivity index (χ3v) is 2.60. The van der Waals surface area contributed by atoms with Crippen molar-refractivity contribution in [2.24, 2.45) is 0 Å². The fourth-order valence-corrected chi connectivity index (χ4v) is 1.44. The minimum atomic E-state index is -0.792. The number of methoxy groups -OCH3 is 1. The van der Waals surface area contributed by atoms with E-state index in [0.29, 0.717) is 0 Å². The van der Waals surface area contributed by atoms with E-state index in [9.17, 15) is 19.2 Å².